The standard InChI is InChI=1S/C22H26N4O3/c1-16(2)23-20(27)17-8-10-19(11-9-17)24-22(29)26-14-12-25(13-15-26)21(28)18-6-4-3-5-7-18/h3-11,16H,12-15H2,1-2H3,(H,23,27)(H,24,29). The topological polar surface area (TPSA) is 81.8 Å². The van der Waals surface area contributed by atoms with E-state index >= 15 is 0 Å². The normalized spacial score (nSPS) is 13.9. The van der Waals surface area contributed by atoms with E-state index in [1.165, 1.54) is 0 Å². The van der Waals surface area contributed by atoms with Crippen molar-refractivity contribution < 1.29 is 14.4 Å². The van der Waals surface area contributed by atoms with Crippen LogP contribution < -0.4 is 10.6 Å². The number of piperazine rings is 1. The Morgan fingerprint density at radius 1 is 0.793 bits per heavy atom. The van der Waals surface area contributed by atoms with E-state index < -0.39 is 0 Å². The highest BCUT2D eigenvalue weighted by Gasteiger charge is 2.24. The zero-order chi connectivity index (χ0) is 20.8. The molecule has 2 aromatic carbocycles. The molecule has 1 fully saturated rings. The Morgan fingerprint density at radius 2 is 1.38 bits per heavy atom. The van der Waals surface area contributed by atoms with Crippen LogP contribution in [0.1, 0.15) is 34.6 Å². The molecule has 29 heavy (non-hydrogen) atoms. The van der Waals surface area contributed by atoms with Crippen molar-refractivity contribution in [2.24, 2.45) is 0 Å². The molecule has 0 radical (unpaired) electrons. The summed E-state index contributed by atoms with van der Waals surface area (Å²) in [6.45, 7) is 5.74. The molecular formula is C22H26N4O3. The molecule has 0 unspecified atom stereocenters. The lowest BCUT2D eigenvalue weighted by molar-refractivity contribution is 0.0671. The van der Waals surface area contributed by atoms with Crippen molar-refractivity contribution >= 4 is 23.5 Å². The molecule has 7 nitrogen and oxygen atoms in total. The van der Waals surface area contributed by atoms with E-state index in [1.807, 2.05) is 32.0 Å². The molecule has 2 N–H and O–H groups in total. The Bertz CT molecular complexity index is 857. The monoisotopic (exact) mass is 394 g/mol. The number of hydrogen-bond acceptors (Lipinski definition) is 3. The number of benzene rings is 2. The minimum absolute atomic E-state index is 0.0130. The zero-order valence-corrected chi connectivity index (χ0v) is 16.7. The Kier molecular flexibility index (Phi) is 6.49. The summed E-state index contributed by atoms with van der Waals surface area (Å²) >= 11 is 0. The molecule has 152 valence electrons. The molecule has 0 aliphatic carbocycles. The van der Waals surface area contributed by atoms with Gasteiger partial charge in [0.15, 0.2) is 0 Å². The molecule has 0 atom stereocenters. The van der Waals surface area contributed by atoms with Crippen molar-refractivity contribution in [2.45, 2.75) is 19.9 Å². The van der Waals surface area contributed by atoms with Gasteiger partial charge in [-0.05, 0) is 50.2 Å². The number of carbonyl (C=O) groups excluding carboxylic acids is 3. The van der Waals surface area contributed by atoms with Gasteiger partial charge in [-0.25, -0.2) is 4.79 Å². The lowest BCUT2D eigenvalue weighted by atomic mass is 10.2. The first-order valence-electron chi connectivity index (χ1n) is 9.75. The van der Waals surface area contributed by atoms with Crippen LogP contribution >= 0.6 is 0 Å². The Hall–Kier alpha value is -3.35. The van der Waals surface area contributed by atoms with Crippen LogP contribution in [0.25, 0.3) is 0 Å². The second kappa shape index (κ2) is 9.23. The van der Waals surface area contributed by atoms with E-state index in [0.717, 1.165) is 0 Å². The molecule has 4 amide bonds. The molecule has 0 spiro atoms. The number of carbonyl (C=O) groups is 3. The van der Waals surface area contributed by atoms with Gasteiger partial charge >= 0.3 is 6.03 Å². The average molecular weight is 394 g/mol. The van der Waals surface area contributed by atoms with E-state index in [1.54, 1.807) is 46.2 Å². The van der Waals surface area contributed by atoms with Crippen LogP contribution in [-0.4, -0.2) is 59.9 Å². The molecule has 3 rings (SSSR count). The molecule has 1 aliphatic heterocycles. The maximum atomic E-state index is 12.5. The third-order valence-corrected chi connectivity index (χ3v) is 4.69. The highest BCUT2D eigenvalue weighted by Crippen LogP contribution is 2.13. The fourth-order valence-electron chi connectivity index (χ4n) is 3.13. The SMILES string of the molecule is CC(C)NC(=O)c1ccc(NC(=O)N2CCN(C(=O)c3ccccc3)CC2)cc1. The quantitative estimate of drug-likeness (QED) is 0.837. The molecule has 0 saturated carbocycles. The Balaban J connectivity index is 1.51. The lowest BCUT2D eigenvalue weighted by Gasteiger charge is -2.34. The summed E-state index contributed by atoms with van der Waals surface area (Å²) in [5.41, 5.74) is 1.83. The van der Waals surface area contributed by atoms with Crippen molar-refractivity contribution in [3.8, 4) is 0 Å². The van der Waals surface area contributed by atoms with Crippen molar-refractivity contribution in [1.82, 2.24) is 15.1 Å². The molecular weight excluding hydrogens is 368 g/mol. The number of hydrogen-bond donors (Lipinski definition) is 2. The fourth-order valence-corrected chi connectivity index (χ4v) is 3.13. The Morgan fingerprint density at radius 3 is 1.97 bits per heavy atom. The smallest absolute Gasteiger partial charge is 0.321 e. The summed E-state index contributed by atoms with van der Waals surface area (Å²) in [4.78, 5) is 40.4. The largest absolute Gasteiger partial charge is 0.350 e. The van der Waals surface area contributed by atoms with Gasteiger partial charge in [-0.2, -0.15) is 0 Å². The van der Waals surface area contributed by atoms with E-state index in [2.05, 4.69) is 10.6 Å². The van der Waals surface area contributed by atoms with Crippen LogP contribution in [0.4, 0.5) is 10.5 Å². The summed E-state index contributed by atoms with van der Waals surface area (Å²) in [6.07, 6.45) is 0. The summed E-state index contributed by atoms with van der Waals surface area (Å²) in [5, 5.41) is 5.68. The van der Waals surface area contributed by atoms with Gasteiger partial charge in [0.1, 0.15) is 0 Å². The van der Waals surface area contributed by atoms with Crippen molar-refractivity contribution in [1.29, 1.82) is 0 Å². The van der Waals surface area contributed by atoms with Gasteiger partial charge in [-0.1, -0.05) is 18.2 Å². The van der Waals surface area contributed by atoms with Crippen LogP contribution in [0.5, 0.6) is 0 Å². The van der Waals surface area contributed by atoms with Crippen LogP contribution in [0.2, 0.25) is 0 Å². The van der Waals surface area contributed by atoms with Gasteiger partial charge in [-0.3, -0.25) is 9.59 Å². The zero-order valence-electron chi connectivity index (χ0n) is 16.7. The van der Waals surface area contributed by atoms with Gasteiger partial charge in [0.25, 0.3) is 11.8 Å². The van der Waals surface area contributed by atoms with E-state index in [4.69, 9.17) is 0 Å². The van der Waals surface area contributed by atoms with E-state index in [9.17, 15) is 14.4 Å². The summed E-state index contributed by atoms with van der Waals surface area (Å²) in [7, 11) is 0. The van der Waals surface area contributed by atoms with Crippen molar-refractivity contribution in [3.63, 3.8) is 0 Å². The molecule has 0 bridgehead atoms. The maximum Gasteiger partial charge on any atom is 0.321 e. The minimum Gasteiger partial charge on any atom is -0.350 e. The van der Waals surface area contributed by atoms with Crippen molar-refractivity contribution in [2.75, 3.05) is 31.5 Å². The van der Waals surface area contributed by atoms with Crippen LogP contribution in [0.3, 0.4) is 0 Å². The van der Waals surface area contributed by atoms with E-state index in [-0.39, 0.29) is 23.9 Å². The molecule has 0 aromatic heterocycles. The first-order valence-corrected chi connectivity index (χ1v) is 9.75. The molecule has 7 heteroatoms. The molecule has 1 saturated heterocycles. The number of amides is 4. The van der Waals surface area contributed by atoms with Crippen LogP contribution in [0, 0.1) is 0 Å². The van der Waals surface area contributed by atoms with E-state index in [0.29, 0.717) is 43.0 Å². The molecule has 2 aromatic rings. The van der Waals surface area contributed by atoms with Gasteiger partial charge in [-0.15, -0.1) is 0 Å². The summed E-state index contributed by atoms with van der Waals surface area (Å²) in [5.74, 6) is -0.155. The Labute approximate surface area is 170 Å². The highest BCUT2D eigenvalue weighted by molar-refractivity contribution is 5.96. The van der Waals surface area contributed by atoms with Gasteiger partial charge < -0.3 is 20.4 Å². The second-order valence-electron chi connectivity index (χ2n) is 7.28. The van der Waals surface area contributed by atoms with Crippen LogP contribution in [0.15, 0.2) is 54.6 Å². The van der Waals surface area contributed by atoms with Crippen LogP contribution in [-0.2, 0) is 0 Å². The summed E-state index contributed by atoms with van der Waals surface area (Å²) in [6, 6.07) is 15.8. The first-order chi connectivity index (χ1) is 13.9. The third kappa shape index (κ3) is 5.34. The molecule has 1 aliphatic rings. The maximum absolute atomic E-state index is 12.5. The average Bonchev–Trinajstić information content (AvgIpc) is 2.74. The number of urea groups is 1. The van der Waals surface area contributed by atoms with Gasteiger partial charge in [0, 0.05) is 49.0 Å². The number of rotatable bonds is 4. The van der Waals surface area contributed by atoms with Crippen molar-refractivity contribution in [3.05, 3.63) is 65.7 Å². The van der Waals surface area contributed by atoms with Gasteiger partial charge in [0.2, 0.25) is 0 Å². The fraction of sp³-hybridized carbons (Fsp3) is 0.318. The summed E-state index contributed by atoms with van der Waals surface area (Å²) < 4.78 is 0. The molecule has 1 heterocycles. The lowest BCUT2D eigenvalue weighted by Crippen LogP contribution is -2.51. The second-order valence-corrected chi connectivity index (χ2v) is 7.28. The number of nitrogens with zero attached hydrogens (tertiary/aromatic N) is 2. The highest BCUT2D eigenvalue weighted by atomic mass is 16.2. The predicted molar refractivity (Wildman–Crippen MR) is 112 cm³/mol. The predicted octanol–water partition coefficient (Wildman–Crippen LogP) is 2.81. The third-order valence-electron chi connectivity index (χ3n) is 4.69. The number of nitrogens with one attached hydrogen (secondary N) is 2. The number of anilines is 1. The minimum atomic E-state index is -0.212. The first kappa shape index (κ1) is 20.4. The van der Waals surface area contributed by atoms with Gasteiger partial charge in [0.05, 0.1) is 0 Å².